The lowest BCUT2D eigenvalue weighted by Gasteiger charge is -2.15. The lowest BCUT2D eigenvalue weighted by molar-refractivity contribution is 0.210. The van der Waals surface area contributed by atoms with Crippen LogP contribution in [-0.2, 0) is 10.0 Å². The number of nitrogens with one attached hydrogen (secondary N) is 1. The predicted octanol–water partition coefficient (Wildman–Crippen LogP) is 4.58. The zero-order chi connectivity index (χ0) is 17.9. The maximum absolute atomic E-state index is 12.7. The maximum Gasteiger partial charge on any atom is 0.265 e. The van der Waals surface area contributed by atoms with Gasteiger partial charge in [0.1, 0.15) is 16.4 Å². The molecule has 0 saturated heterocycles. The quantitative estimate of drug-likeness (QED) is 0.735. The fraction of sp³-hybridized carbons (Fsp3) is 0.333. The average molecular weight is 426 g/mol. The van der Waals surface area contributed by atoms with E-state index < -0.39 is 10.0 Å². The van der Waals surface area contributed by atoms with Gasteiger partial charge in [0.15, 0.2) is 0 Å². The zero-order valence-corrected chi connectivity index (χ0v) is 16.3. The van der Waals surface area contributed by atoms with Crippen molar-refractivity contribution in [2.24, 2.45) is 0 Å². The normalized spacial score (nSPS) is 15.1. The van der Waals surface area contributed by atoms with Gasteiger partial charge in [0.05, 0.1) is 18.9 Å². The van der Waals surface area contributed by atoms with E-state index in [4.69, 9.17) is 9.47 Å². The number of hydrogen-bond acceptors (Lipinski definition) is 4. The molecule has 0 atom stereocenters. The van der Waals surface area contributed by atoms with E-state index in [0.717, 1.165) is 12.8 Å². The molecule has 0 radical (unpaired) electrons. The number of sulfonamides is 1. The Hall–Kier alpha value is -1.73. The Labute approximate surface area is 156 Å². The minimum absolute atomic E-state index is 0.0755. The van der Waals surface area contributed by atoms with Gasteiger partial charge in [-0.1, -0.05) is 22.0 Å². The van der Waals surface area contributed by atoms with Gasteiger partial charge < -0.3 is 9.47 Å². The van der Waals surface area contributed by atoms with Crippen molar-refractivity contribution in [3.8, 4) is 11.5 Å². The van der Waals surface area contributed by atoms with Gasteiger partial charge >= 0.3 is 0 Å². The molecule has 7 heteroatoms. The summed E-state index contributed by atoms with van der Waals surface area (Å²) in [5.74, 6) is 0.961. The minimum Gasteiger partial charge on any atom is -0.495 e. The standard InChI is InChI=1S/C18H20BrNO4S/c1-23-17-10-9-13(19)11-18(17)25(21,22)20-14-5-4-8-16(12-14)24-15-6-2-3-7-15/h4-5,8-12,15,20H,2-3,6-7H2,1H3. The first kappa shape index (κ1) is 18.1. The maximum atomic E-state index is 12.7. The van der Waals surface area contributed by atoms with Crippen molar-refractivity contribution in [2.45, 2.75) is 36.7 Å². The van der Waals surface area contributed by atoms with Crippen LogP contribution in [0.4, 0.5) is 5.69 Å². The fourth-order valence-electron chi connectivity index (χ4n) is 2.90. The van der Waals surface area contributed by atoms with Gasteiger partial charge in [0, 0.05) is 10.5 Å². The molecule has 1 aliphatic rings. The smallest absolute Gasteiger partial charge is 0.265 e. The number of hydrogen-bond donors (Lipinski definition) is 1. The second-order valence-electron chi connectivity index (χ2n) is 5.95. The summed E-state index contributed by atoms with van der Waals surface area (Å²) < 4.78 is 39.8. The summed E-state index contributed by atoms with van der Waals surface area (Å²) in [6.45, 7) is 0. The third-order valence-corrected chi connectivity index (χ3v) is 6.00. The Balaban J connectivity index is 1.82. The first-order valence-electron chi connectivity index (χ1n) is 8.11. The van der Waals surface area contributed by atoms with Crippen LogP contribution in [0.2, 0.25) is 0 Å². The molecule has 1 aliphatic carbocycles. The summed E-state index contributed by atoms with van der Waals surface area (Å²) >= 11 is 3.30. The van der Waals surface area contributed by atoms with Crippen molar-refractivity contribution in [1.29, 1.82) is 0 Å². The minimum atomic E-state index is -3.78. The van der Waals surface area contributed by atoms with Crippen LogP contribution in [0.25, 0.3) is 0 Å². The number of halogens is 1. The summed E-state index contributed by atoms with van der Waals surface area (Å²) in [6, 6.07) is 11.9. The van der Waals surface area contributed by atoms with Crippen LogP contribution >= 0.6 is 15.9 Å². The highest BCUT2D eigenvalue weighted by molar-refractivity contribution is 9.10. The molecule has 0 unspecified atom stereocenters. The fourth-order valence-corrected chi connectivity index (χ4v) is 4.66. The molecule has 0 bridgehead atoms. The van der Waals surface area contributed by atoms with Gasteiger partial charge in [0.2, 0.25) is 0 Å². The molecule has 2 aromatic rings. The number of methoxy groups -OCH3 is 1. The second-order valence-corrected chi connectivity index (χ2v) is 8.52. The first-order valence-corrected chi connectivity index (χ1v) is 10.4. The monoisotopic (exact) mass is 425 g/mol. The summed E-state index contributed by atoms with van der Waals surface area (Å²) in [5.41, 5.74) is 0.456. The topological polar surface area (TPSA) is 64.6 Å². The molecule has 1 N–H and O–H groups in total. The molecule has 2 aromatic carbocycles. The molecule has 3 rings (SSSR count). The first-order chi connectivity index (χ1) is 12.0. The summed E-state index contributed by atoms with van der Waals surface area (Å²) in [5, 5.41) is 0. The van der Waals surface area contributed by atoms with E-state index >= 15 is 0 Å². The van der Waals surface area contributed by atoms with Crippen LogP contribution in [0.1, 0.15) is 25.7 Å². The number of benzene rings is 2. The average Bonchev–Trinajstić information content (AvgIpc) is 3.07. The van der Waals surface area contributed by atoms with Crippen molar-refractivity contribution < 1.29 is 17.9 Å². The Morgan fingerprint density at radius 3 is 2.60 bits per heavy atom. The van der Waals surface area contributed by atoms with E-state index in [1.54, 1.807) is 30.3 Å². The Kier molecular flexibility index (Phi) is 5.54. The highest BCUT2D eigenvalue weighted by Gasteiger charge is 2.21. The molecule has 0 heterocycles. The Bertz CT molecular complexity index is 848. The largest absolute Gasteiger partial charge is 0.495 e. The highest BCUT2D eigenvalue weighted by atomic mass is 79.9. The molecule has 1 saturated carbocycles. The Morgan fingerprint density at radius 2 is 1.88 bits per heavy atom. The molecule has 5 nitrogen and oxygen atoms in total. The third kappa shape index (κ3) is 4.46. The molecular weight excluding hydrogens is 406 g/mol. The van der Waals surface area contributed by atoms with Crippen LogP contribution in [0, 0.1) is 0 Å². The second kappa shape index (κ2) is 7.66. The molecule has 0 spiro atoms. The van der Waals surface area contributed by atoms with E-state index in [9.17, 15) is 8.42 Å². The Morgan fingerprint density at radius 1 is 1.12 bits per heavy atom. The number of rotatable bonds is 6. The van der Waals surface area contributed by atoms with E-state index in [-0.39, 0.29) is 16.7 Å². The van der Waals surface area contributed by atoms with Crippen molar-refractivity contribution in [3.63, 3.8) is 0 Å². The highest BCUT2D eigenvalue weighted by Crippen LogP contribution is 2.30. The van der Waals surface area contributed by atoms with Gasteiger partial charge in [-0.15, -0.1) is 0 Å². The lowest BCUT2D eigenvalue weighted by atomic mass is 10.3. The molecular formula is C18H20BrNO4S. The van der Waals surface area contributed by atoms with Gasteiger partial charge in [-0.3, -0.25) is 4.72 Å². The predicted molar refractivity (Wildman–Crippen MR) is 101 cm³/mol. The van der Waals surface area contributed by atoms with Crippen molar-refractivity contribution in [2.75, 3.05) is 11.8 Å². The SMILES string of the molecule is COc1ccc(Br)cc1S(=O)(=O)Nc1cccc(OC2CCCC2)c1. The van der Waals surface area contributed by atoms with Gasteiger partial charge in [-0.2, -0.15) is 0 Å². The van der Waals surface area contributed by atoms with E-state index in [1.807, 2.05) is 6.07 Å². The molecule has 0 aliphatic heterocycles. The van der Waals surface area contributed by atoms with Gasteiger partial charge in [-0.05, 0) is 56.0 Å². The van der Waals surface area contributed by atoms with E-state index in [2.05, 4.69) is 20.7 Å². The number of ether oxygens (including phenoxy) is 2. The molecule has 134 valence electrons. The molecule has 1 fully saturated rings. The summed E-state index contributed by atoms with van der Waals surface area (Å²) in [7, 11) is -2.34. The third-order valence-electron chi connectivity index (χ3n) is 4.11. The van der Waals surface area contributed by atoms with Crippen molar-refractivity contribution in [1.82, 2.24) is 0 Å². The van der Waals surface area contributed by atoms with Gasteiger partial charge in [-0.25, -0.2) is 8.42 Å². The van der Waals surface area contributed by atoms with Crippen LogP contribution in [0.15, 0.2) is 51.8 Å². The van der Waals surface area contributed by atoms with Crippen molar-refractivity contribution in [3.05, 3.63) is 46.9 Å². The van der Waals surface area contributed by atoms with E-state index in [0.29, 0.717) is 15.9 Å². The van der Waals surface area contributed by atoms with Crippen LogP contribution in [0.3, 0.4) is 0 Å². The van der Waals surface area contributed by atoms with Crippen molar-refractivity contribution >= 4 is 31.6 Å². The molecule has 0 amide bonds. The lowest BCUT2D eigenvalue weighted by Crippen LogP contribution is -2.15. The number of anilines is 1. The zero-order valence-electron chi connectivity index (χ0n) is 13.9. The van der Waals surface area contributed by atoms with Crippen LogP contribution in [0.5, 0.6) is 11.5 Å². The van der Waals surface area contributed by atoms with Gasteiger partial charge in [0.25, 0.3) is 10.0 Å². The van der Waals surface area contributed by atoms with E-state index in [1.165, 1.54) is 26.0 Å². The molecule has 25 heavy (non-hydrogen) atoms. The van der Waals surface area contributed by atoms with Crippen LogP contribution < -0.4 is 14.2 Å². The van der Waals surface area contributed by atoms with Crippen LogP contribution in [-0.4, -0.2) is 21.6 Å². The molecule has 0 aromatic heterocycles. The summed E-state index contributed by atoms with van der Waals surface area (Å²) in [4.78, 5) is 0.0755. The summed E-state index contributed by atoms with van der Waals surface area (Å²) in [6.07, 6.45) is 4.67.